The molecule has 17 heavy (non-hydrogen) atoms. The van der Waals surface area contributed by atoms with E-state index in [-0.39, 0.29) is 17.9 Å². The van der Waals surface area contributed by atoms with Crippen LogP contribution >= 0.6 is 11.6 Å². The van der Waals surface area contributed by atoms with Crippen LogP contribution in [0.2, 0.25) is 5.02 Å². The van der Waals surface area contributed by atoms with E-state index in [0.29, 0.717) is 5.02 Å². The van der Waals surface area contributed by atoms with Crippen molar-refractivity contribution in [2.24, 2.45) is 0 Å². The fourth-order valence-corrected chi connectivity index (χ4v) is 1.30. The van der Waals surface area contributed by atoms with Gasteiger partial charge < -0.3 is 15.2 Å². The minimum Gasteiger partial charge on any atom is -0.463 e. The minimum atomic E-state index is -0.688. The minimum absolute atomic E-state index is 0.165. The Labute approximate surface area is 103 Å². The Bertz CT molecular complexity index is 433. The van der Waals surface area contributed by atoms with E-state index in [4.69, 9.17) is 22.1 Å². The molecule has 0 radical (unpaired) electrons. The van der Waals surface area contributed by atoms with Crippen molar-refractivity contribution in [3.63, 3.8) is 0 Å². The Morgan fingerprint density at radius 3 is 2.65 bits per heavy atom. The summed E-state index contributed by atoms with van der Waals surface area (Å²) in [7, 11) is 0. The number of anilines is 1. The van der Waals surface area contributed by atoms with Crippen LogP contribution < -0.4 is 5.73 Å². The molecule has 92 valence electrons. The fourth-order valence-electron chi connectivity index (χ4n) is 1.12. The van der Waals surface area contributed by atoms with Crippen molar-refractivity contribution in [3.05, 3.63) is 28.8 Å². The summed E-state index contributed by atoms with van der Waals surface area (Å²) in [6, 6.07) is 4.38. The third-order valence-corrected chi connectivity index (χ3v) is 2.10. The number of halogens is 1. The highest BCUT2D eigenvalue weighted by molar-refractivity contribution is 6.31. The first-order valence-electron chi connectivity index (χ1n) is 4.92. The van der Waals surface area contributed by atoms with Gasteiger partial charge in [-0.15, -0.1) is 0 Å². The molecule has 2 N–H and O–H groups in total. The van der Waals surface area contributed by atoms with Gasteiger partial charge in [0.25, 0.3) is 0 Å². The monoisotopic (exact) mass is 257 g/mol. The highest BCUT2D eigenvalue weighted by Gasteiger charge is 2.13. The number of nitrogen functional groups attached to an aromatic ring is 1. The molecule has 0 aliphatic carbocycles. The second-order valence-electron chi connectivity index (χ2n) is 3.11. The van der Waals surface area contributed by atoms with Crippen molar-refractivity contribution in [2.45, 2.75) is 6.92 Å². The van der Waals surface area contributed by atoms with Crippen LogP contribution in [0.5, 0.6) is 0 Å². The van der Waals surface area contributed by atoms with Crippen molar-refractivity contribution < 1.29 is 19.1 Å². The van der Waals surface area contributed by atoms with Crippen molar-refractivity contribution >= 4 is 29.2 Å². The molecule has 0 heterocycles. The molecule has 0 saturated carbocycles. The predicted molar refractivity (Wildman–Crippen MR) is 62.8 cm³/mol. The number of benzene rings is 1. The zero-order chi connectivity index (χ0) is 12.8. The first-order valence-corrected chi connectivity index (χ1v) is 5.30. The second kappa shape index (κ2) is 6.10. The number of hydrogen-bond acceptors (Lipinski definition) is 5. The van der Waals surface area contributed by atoms with Crippen molar-refractivity contribution in [3.8, 4) is 0 Å². The van der Waals surface area contributed by atoms with E-state index in [9.17, 15) is 9.59 Å². The first-order chi connectivity index (χ1) is 8.04. The summed E-state index contributed by atoms with van der Waals surface area (Å²) in [5, 5.41) is 0.421. The first kappa shape index (κ1) is 13.3. The molecule has 1 rings (SSSR count). The number of carbonyl (C=O) groups is 2. The van der Waals surface area contributed by atoms with Gasteiger partial charge in [-0.05, 0) is 25.1 Å². The molecule has 0 aliphatic rings. The molecule has 1 aromatic rings. The van der Waals surface area contributed by atoms with E-state index < -0.39 is 18.5 Å². The maximum Gasteiger partial charge on any atom is 0.344 e. The Balaban J connectivity index is 2.61. The lowest BCUT2D eigenvalue weighted by atomic mass is 10.2. The van der Waals surface area contributed by atoms with Gasteiger partial charge in [0.15, 0.2) is 6.61 Å². The van der Waals surface area contributed by atoms with Gasteiger partial charge in [-0.3, -0.25) is 0 Å². The van der Waals surface area contributed by atoms with Gasteiger partial charge in [-0.2, -0.15) is 0 Å². The maximum atomic E-state index is 11.5. The van der Waals surface area contributed by atoms with Crippen molar-refractivity contribution in [1.82, 2.24) is 0 Å². The van der Waals surface area contributed by atoms with Gasteiger partial charge in [-0.25, -0.2) is 9.59 Å². The number of hydrogen-bond donors (Lipinski definition) is 1. The Morgan fingerprint density at radius 1 is 1.35 bits per heavy atom. The van der Waals surface area contributed by atoms with Crippen LogP contribution in [0.4, 0.5) is 5.69 Å². The smallest absolute Gasteiger partial charge is 0.344 e. The SMILES string of the molecule is CCOC(=O)COC(=O)c1ccc(Cl)cc1N. The van der Waals surface area contributed by atoms with E-state index in [0.717, 1.165) is 0 Å². The van der Waals surface area contributed by atoms with Crippen LogP contribution in [-0.2, 0) is 14.3 Å². The summed E-state index contributed by atoms with van der Waals surface area (Å²) in [6.45, 7) is 1.46. The molecule has 6 heteroatoms. The van der Waals surface area contributed by atoms with Crippen LogP contribution in [0, 0.1) is 0 Å². The molecule has 0 spiro atoms. The lowest BCUT2D eigenvalue weighted by molar-refractivity contribution is -0.146. The van der Waals surface area contributed by atoms with Gasteiger partial charge in [0.1, 0.15) is 0 Å². The third kappa shape index (κ3) is 3.96. The average Bonchev–Trinajstić information content (AvgIpc) is 2.26. The Morgan fingerprint density at radius 2 is 2.06 bits per heavy atom. The molecule has 0 fully saturated rings. The molecule has 0 bridgehead atoms. The summed E-state index contributed by atoms with van der Waals surface area (Å²) < 4.78 is 9.34. The third-order valence-electron chi connectivity index (χ3n) is 1.86. The number of esters is 2. The van der Waals surface area contributed by atoms with Crippen LogP contribution in [0.25, 0.3) is 0 Å². The molecule has 1 aromatic carbocycles. The van der Waals surface area contributed by atoms with E-state index in [1.165, 1.54) is 18.2 Å². The molecule has 0 aromatic heterocycles. The van der Waals surface area contributed by atoms with Crippen molar-refractivity contribution in [1.29, 1.82) is 0 Å². The van der Waals surface area contributed by atoms with Crippen LogP contribution in [-0.4, -0.2) is 25.2 Å². The molecule has 0 aliphatic heterocycles. The number of rotatable bonds is 4. The molecule has 5 nitrogen and oxygen atoms in total. The summed E-state index contributed by atoms with van der Waals surface area (Å²) in [5.74, 6) is -1.29. The number of nitrogens with two attached hydrogens (primary N) is 1. The molecule has 0 saturated heterocycles. The highest BCUT2D eigenvalue weighted by Crippen LogP contribution is 2.18. The molecule has 0 amide bonds. The Kier molecular flexibility index (Phi) is 4.78. The Hall–Kier alpha value is -1.75. The lowest BCUT2D eigenvalue weighted by Gasteiger charge is -2.06. The standard InChI is InChI=1S/C11H12ClNO4/c1-2-16-10(14)6-17-11(15)8-4-3-7(12)5-9(8)13/h3-5H,2,6,13H2,1H3. The predicted octanol–water partition coefficient (Wildman–Crippen LogP) is 1.64. The second-order valence-corrected chi connectivity index (χ2v) is 3.55. The van der Waals surface area contributed by atoms with Gasteiger partial charge in [-0.1, -0.05) is 11.6 Å². The summed E-state index contributed by atoms with van der Waals surface area (Å²) >= 11 is 5.68. The average molecular weight is 258 g/mol. The number of ether oxygens (including phenoxy) is 2. The summed E-state index contributed by atoms with van der Waals surface area (Å²) in [6.07, 6.45) is 0. The highest BCUT2D eigenvalue weighted by atomic mass is 35.5. The normalized spacial score (nSPS) is 9.76. The lowest BCUT2D eigenvalue weighted by Crippen LogP contribution is -2.17. The van der Waals surface area contributed by atoms with E-state index in [2.05, 4.69) is 4.74 Å². The van der Waals surface area contributed by atoms with Crippen LogP contribution in [0.1, 0.15) is 17.3 Å². The van der Waals surface area contributed by atoms with Crippen molar-refractivity contribution in [2.75, 3.05) is 18.9 Å². The molecule has 0 unspecified atom stereocenters. The van der Waals surface area contributed by atoms with E-state index in [1.54, 1.807) is 6.92 Å². The largest absolute Gasteiger partial charge is 0.463 e. The molecular formula is C11H12ClNO4. The van der Waals surface area contributed by atoms with E-state index in [1.807, 2.05) is 0 Å². The topological polar surface area (TPSA) is 78.6 Å². The van der Waals surface area contributed by atoms with Gasteiger partial charge >= 0.3 is 11.9 Å². The van der Waals surface area contributed by atoms with E-state index >= 15 is 0 Å². The number of carbonyl (C=O) groups excluding carboxylic acids is 2. The maximum absolute atomic E-state index is 11.5. The molecular weight excluding hydrogens is 246 g/mol. The zero-order valence-electron chi connectivity index (χ0n) is 9.23. The van der Waals surface area contributed by atoms with Crippen LogP contribution in [0.15, 0.2) is 18.2 Å². The van der Waals surface area contributed by atoms with Crippen LogP contribution in [0.3, 0.4) is 0 Å². The van der Waals surface area contributed by atoms with Gasteiger partial charge in [0.05, 0.1) is 12.2 Å². The zero-order valence-corrected chi connectivity index (χ0v) is 9.99. The quantitative estimate of drug-likeness (QED) is 0.655. The summed E-state index contributed by atoms with van der Waals surface area (Å²) in [5.41, 5.74) is 5.95. The van der Waals surface area contributed by atoms with Gasteiger partial charge in [0.2, 0.25) is 0 Å². The fraction of sp³-hybridized carbons (Fsp3) is 0.273. The van der Waals surface area contributed by atoms with Gasteiger partial charge in [0, 0.05) is 10.7 Å². The summed E-state index contributed by atoms with van der Waals surface area (Å²) in [4.78, 5) is 22.5. The molecule has 0 atom stereocenters.